The van der Waals surface area contributed by atoms with Gasteiger partial charge in [-0.15, -0.1) is 0 Å². The summed E-state index contributed by atoms with van der Waals surface area (Å²) in [5, 5.41) is 8.01. The molecule has 0 fully saturated rings. The predicted molar refractivity (Wildman–Crippen MR) is 121 cm³/mol. The molecule has 0 saturated heterocycles. The zero-order valence-corrected chi connectivity index (χ0v) is 18.4. The average Bonchev–Trinajstić information content (AvgIpc) is 2.98. The molecule has 0 bridgehead atoms. The van der Waals surface area contributed by atoms with Crippen molar-refractivity contribution in [3.05, 3.63) is 93.8 Å². The Labute approximate surface area is 183 Å². The first kappa shape index (κ1) is 21.8. The summed E-state index contributed by atoms with van der Waals surface area (Å²) in [6.07, 6.45) is 3.25. The number of aryl methyl sites for hydroxylation is 1. The molecule has 0 spiro atoms. The summed E-state index contributed by atoms with van der Waals surface area (Å²) in [6.45, 7) is 3.89. The van der Waals surface area contributed by atoms with Crippen LogP contribution in [0.2, 0.25) is 5.15 Å². The highest BCUT2D eigenvalue weighted by Crippen LogP contribution is 2.22. The Morgan fingerprint density at radius 1 is 1.10 bits per heavy atom. The quantitative estimate of drug-likeness (QED) is 0.547. The number of halogens is 1. The monoisotopic (exact) mass is 423 g/mol. The molecular weight excluding hydrogens is 396 g/mol. The second kappa shape index (κ2) is 10.2. The maximum absolute atomic E-state index is 12.4. The van der Waals surface area contributed by atoms with Crippen LogP contribution in [0.15, 0.2) is 60.7 Å². The van der Waals surface area contributed by atoms with Crippen LogP contribution in [-0.4, -0.2) is 29.8 Å². The van der Waals surface area contributed by atoms with Gasteiger partial charge in [0.2, 0.25) is 5.91 Å². The fourth-order valence-corrected chi connectivity index (χ4v) is 3.60. The Balaban J connectivity index is 1.64. The SMILES string of the molecule is Cc1nn(Cc2ccccc2)c(Cl)c1/C=C/C(=O)NCc1ccccc1C[NH+](C)C. The number of amides is 1. The van der Waals surface area contributed by atoms with E-state index < -0.39 is 0 Å². The Morgan fingerprint density at radius 2 is 1.77 bits per heavy atom. The van der Waals surface area contributed by atoms with Crippen LogP contribution < -0.4 is 10.2 Å². The number of rotatable bonds is 8. The number of nitrogens with one attached hydrogen (secondary N) is 2. The zero-order chi connectivity index (χ0) is 21.5. The molecule has 156 valence electrons. The highest BCUT2D eigenvalue weighted by molar-refractivity contribution is 6.31. The molecule has 30 heavy (non-hydrogen) atoms. The number of benzene rings is 2. The molecular formula is C24H28ClN4O+. The lowest BCUT2D eigenvalue weighted by atomic mass is 10.1. The van der Waals surface area contributed by atoms with Gasteiger partial charge in [0.15, 0.2) is 0 Å². The summed E-state index contributed by atoms with van der Waals surface area (Å²) in [5.41, 5.74) is 5.04. The van der Waals surface area contributed by atoms with E-state index in [0.717, 1.165) is 28.9 Å². The largest absolute Gasteiger partial charge is 0.348 e. The molecule has 0 aliphatic rings. The Bertz CT molecular complexity index is 1020. The molecule has 0 aliphatic heterocycles. The number of carbonyl (C=O) groups is 1. The van der Waals surface area contributed by atoms with Crippen molar-refractivity contribution in [1.29, 1.82) is 0 Å². The second-order valence-corrected chi connectivity index (χ2v) is 7.99. The van der Waals surface area contributed by atoms with Crippen LogP contribution in [0.5, 0.6) is 0 Å². The van der Waals surface area contributed by atoms with E-state index in [0.29, 0.717) is 18.2 Å². The molecule has 0 aliphatic carbocycles. The lowest BCUT2D eigenvalue weighted by Crippen LogP contribution is -3.04. The summed E-state index contributed by atoms with van der Waals surface area (Å²) in [7, 11) is 4.23. The minimum atomic E-state index is -0.159. The molecule has 0 saturated carbocycles. The van der Waals surface area contributed by atoms with E-state index in [4.69, 9.17) is 11.6 Å². The fraction of sp³-hybridized carbons (Fsp3) is 0.250. The lowest BCUT2D eigenvalue weighted by molar-refractivity contribution is -0.872. The third kappa shape index (κ3) is 5.81. The van der Waals surface area contributed by atoms with Crippen molar-refractivity contribution in [2.75, 3.05) is 14.1 Å². The van der Waals surface area contributed by atoms with Crippen LogP contribution in [0.25, 0.3) is 6.08 Å². The molecule has 1 aromatic heterocycles. The topological polar surface area (TPSA) is 51.4 Å². The van der Waals surface area contributed by atoms with Crippen molar-refractivity contribution >= 4 is 23.6 Å². The molecule has 1 amide bonds. The summed E-state index contributed by atoms with van der Waals surface area (Å²) >= 11 is 6.52. The van der Waals surface area contributed by atoms with Gasteiger partial charge >= 0.3 is 0 Å². The zero-order valence-electron chi connectivity index (χ0n) is 17.7. The minimum Gasteiger partial charge on any atom is -0.348 e. The molecule has 0 radical (unpaired) electrons. The third-order valence-electron chi connectivity index (χ3n) is 4.80. The van der Waals surface area contributed by atoms with E-state index in [9.17, 15) is 4.79 Å². The molecule has 1 heterocycles. The van der Waals surface area contributed by atoms with Crippen molar-refractivity contribution in [3.8, 4) is 0 Å². The van der Waals surface area contributed by atoms with Crippen molar-refractivity contribution < 1.29 is 9.69 Å². The van der Waals surface area contributed by atoms with Crippen LogP contribution in [-0.2, 0) is 24.4 Å². The van der Waals surface area contributed by atoms with Gasteiger partial charge in [0, 0.05) is 23.7 Å². The number of aromatic nitrogens is 2. The highest BCUT2D eigenvalue weighted by Gasteiger charge is 2.12. The Kier molecular flexibility index (Phi) is 7.44. The van der Waals surface area contributed by atoms with Gasteiger partial charge in [0.25, 0.3) is 0 Å². The van der Waals surface area contributed by atoms with E-state index in [-0.39, 0.29) is 5.91 Å². The van der Waals surface area contributed by atoms with Gasteiger partial charge in [-0.1, -0.05) is 66.2 Å². The van der Waals surface area contributed by atoms with Crippen LogP contribution in [0, 0.1) is 6.92 Å². The first-order valence-corrected chi connectivity index (χ1v) is 10.4. The van der Waals surface area contributed by atoms with Crippen LogP contribution in [0.3, 0.4) is 0 Å². The van der Waals surface area contributed by atoms with Crippen molar-refractivity contribution in [2.24, 2.45) is 0 Å². The average molecular weight is 424 g/mol. The summed E-state index contributed by atoms with van der Waals surface area (Å²) in [5.74, 6) is -0.159. The van der Waals surface area contributed by atoms with E-state index in [2.05, 4.69) is 36.6 Å². The fourth-order valence-electron chi connectivity index (χ4n) is 3.30. The van der Waals surface area contributed by atoms with Crippen molar-refractivity contribution in [1.82, 2.24) is 15.1 Å². The van der Waals surface area contributed by atoms with Crippen LogP contribution >= 0.6 is 11.6 Å². The van der Waals surface area contributed by atoms with E-state index in [1.54, 1.807) is 10.8 Å². The van der Waals surface area contributed by atoms with Crippen LogP contribution in [0.1, 0.15) is 27.9 Å². The van der Waals surface area contributed by atoms with Crippen molar-refractivity contribution in [3.63, 3.8) is 0 Å². The molecule has 2 N–H and O–H groups in total. The maximum Gasteiger partial charge on any atom is 0.244 e. The highest BCUT2D eigenvalue weighted by atomic mass is 35.5. The molecule has 3 rings (SSSR count). The van der Waals surface area contributed by atoms with Crippen LogP contribution in [0.4, 0.5) is 0 Å². The van der Waals surface area contributed by atoms with Gasteiger partial charge in [0.1, 0.15) is 11.7 Å². The van der Waals surface area contributed by atoms with E-state index in [1.807, 2.05) is 49.4 Å². The number of hydrogen-bond acceptors (Lipinski definition) is 2. The van der Waals surface area contributed by atoms with Gasteiger partial charge in [0.05, 0.1) is 26.3 Å². The number of hydrogen-bond donors (Lipinski definition) is 2. The lowest BCUT2D eigenvalue weighted by Gasteiger charge is -2.12. The van der Waals surface area contributed by atoms with Gasteiger partial charge in [-0.2, -0.15) is 5.10 Å². The summed E-state index contributed by atoms with van der Waals surface area (Å²) in [4.78, 5) is 13.7. The van der Waals surface area contributed by atoms with Gasteiger partial charge in [-0.05, 0) is 24.1 Å². The number of nitrogens with zero attached hydrogens (tertiary/aromatic N) is 2. The molecule has 0 atom stereocenters. The molecule has 5 nitrogen and oxygen atoms in total. The first-order chi connectivity index (χ1) is 14.4. The normalized spacial score (nSPS) is 11.4. The maximum atomic E-state index is 12.4. The minimum absolute atomic E-state index is 0.159. The second-order valence-electron chi connectivity index (χ2n) is 7.64. The molecule has 3 aromatic rings. The summed E-state index contributed by atoms with van der Waals surface area (Å²) < 4.78 is 1.75. The number of quaternary nitrogens is 1. The summed E-state index contributed by atoms with van der Waals surface area (Å²) in [6, 6.07) is 18.2. The smallest absolute Gasteiger partial charge is 0.244 e. The third-order valence-corrected chi connectivity index (χ3v) is 5.20. The van der Waals surface area contributed by atoms with Gasteiger partial charge in [-0.3, -0.25) is 4.79 Å². The molecule has 2 aromatic carbocycles. The number of carbonyl (C=O) groups excluding carboxylic acids is 1. The Hall–Kier alpha value is -2.89. The van der Waals surface area contributed by atoms with Gasteiger partial charge in [-0.25, -0.2) is 4.68 Å². The molecule has 6 heteroatoms. The van der Waals surface area contributed by atoms with E-state index >= 15 is 0 Å². The van der Waals surface area contributed by atoms with E-state index in [1.165, 1.54) is 16.5 Å². The Morgan fingerprint density at radius 3 is 2.47 bits per heavy atom. The van der Waals surface area contributed by atoms with Crippen molar-refractivity contribution in [2.45, 2.75) is 26.6 Å². The predicted octanol–water partition coefficient (Wildman–Crippen LogP) is 2.87. The van der Waals surface area contributed by atoms with Gasteiger partial charge < -0.3 is 10.2 Å². The standard InChI is InChI=1S/C24H27ClN4O/c1-18-22(24(25)29(27-18)16-19-9-5-4-6-10-19)13-14-23(30)26-15-20-11-7-8-12-21(20)17-28(2)3/h4-14H,15-17H2,1-3H3,(H,26,30)/p+1/b14-13+. The molecule has 0 unspecified atom stereocenters. The first-order valence-electron chi connectivity index (χ1n) is 10.0.